The molecule has 0 fully saturated rings. The summed E-state index contributed by atoms with van der Waals surface area (Å²) in [6.07, 6.45) is 1.86. The zero-order chi connectivity index (χ0) is 13.9. The van der Waals surface area contributed by atoms with Gasteiger partial charge in [-0.15, -0.1) is 0 Å². The highest BCUT2D eigenvalue weighted by Gasteiger charge is 2.36. The quantitative estimate of drug-likeness (QED) is 0.875. The largest absolute Gasteiger partial charge is 0.310 e. The standard InChI is InChI=1S/C13H25BrN4/c1-7-18(8-2)13(3,4)12(15-5)11-10(14)9-16-17(11)6/h9,12,15H,7-8H2,1-6H3. The van der Waals surface area contributed by atoms with Crippen molar-refractivity contribution in [2.45, 2.75) is 39.3 Å². The van der Waals surface area contributed by atoms with E-state index in [4.69, 9.17) is 0 Å². The average Bonchev–Trinajstić information content (AvgIpc) is 2.63. The normalized spacial score (nSPS) is 14.2. The maximum absolute atomic E-state index is 4.32. The summed E-state index contributed by atoms with van der Waals surface area (Å²) in [5, 5.41) is 7.76. The van der Waals surface area contributed by atoms with Gasteiger partial charge in [0.1, 0.15) is 0 Å². The fourth-order valence-electron chi connectivity index (χ4n) is 2.79. The highest BCUT2D eigenvalue weighted by molar-refractivity contribution is 9.10. The van der Waals surface area contributed by atoms with Crippen molar-refractivity contribution in [3.8, 4) is 0 Å². The third-order valence-electron chi connectivity index (χ3n) is 3.78. The van der Waals surface area contributed by atoms with E-state index in [1.54, 1.807) is 0 Å². The molecule has 1 aromatic heterocycles. The molecule has 1 N–H and O–H groups in total. The number of rotatable bonds is 6. The Bertz CT molecular complexity index is 363. The minimum Gasteiger partial charge on any atom is -0.310 e. The van der Waals surface area contributed by atoms with Crippen LogP contribution in [0.15, 0.2) is 10.7 Å². The molecule has 5 heteroatoms. The molecule has 4 nitrogen and oxygen atoms in total. The summed E-state index contributed by atoms with van der Waals surface area (Å²) in [5.74, 6) is 0. The van der Waals surface area contributed by atoms with E-state index >= 15 is 0 Å². The third-order valence-corrected chi connectivity index (χ3v) is 4.40. The molecule has 0 aliphatic heterocycles. The van der Waals surface area contributed by atoms with Gasteiger partial charge in [0, 0.05) is 12.6 Å². The van der Waals surface area contributed by atoms with Gasteiger partial charge in [0.15, 0.2) is 0 Å². The maximum atomic E-state index is 4.32. The number of halogens is 1. The van der Waals surface area contributed by atoms with Crippen LogP contribution in [-0.2, 0) is 7.05 Å². The van der Waals surface area contributed by atoms with E-state index in [-0.39, 0.29) is 11.6 Å². The molecule has 1 rings (SSSR count). The predicted octanol–water partition coefficient (Wildman–Crippen LogP) is 2.56. The first-order chi connectivity index (χ1) is 8.39. The second kappa shape index (κ2) is 6.17. The molecule has 1 unspecified atom stereocenters. The minimum atomic E-state index is 0.0224. The topological polar surface area (TPSA) is 33.1 Å². The number of hydrogen-bond acceptors (Lipinski definition) is 3. The Hall–Kier alpha value is -0.390. The van der Waals surface area contributed by atoms with Crippen LogP contribution in [0.5, 0.6) is 0 Å². The molecule has 0 spiro atoms. The van der Waals surface area contributed by atoms with Crippen molar-refractivity contribution in [3.63, 3.8) is 0 Å². The lowest BCUT2D eigenvalue weighted by atomic mass is 9.89. The van der Waals surface area contributed by atoms with Crippen LogP contribution in [0.1, 0.15) is 39.4 Å². The lowest BCUT2D eigenvalue weighted by Gasteiger charge is -2.43. The first kappa shape index (κ1) is 15.7. The van der Waals surface area contributed by atoms with Gasteiger partial charge >= 0.3 is 0 Å². The highest BCUT2D eigenvalue weighted by atomic mass is 79.9. The summed E-state index contributed by atoms with van der Waals surface area (Å²) >= 11 is 3.60. The van der Waals surface area contributed by atoms with Gasteiger partial charge in [-0.25, -0.2) is 0 Å². The van der Waals surface area contributed by atoms with Crippen molar-refractivity contribution >= 4 is 15.9 Å². The molecule has 0 saturated heterocycles. The van der Waals surface area contributed by atoms with Crippen LogP contribution in [0, 0.1) is 0 Å². The number of nitrogens with one attached hydrogen (secondary N) is 1. The Morgan fingerprint density at radius 1 is 1.44 bits per heavy atom. The van der Waals surface area contributed by atoms with E-state index in [0.717, 1.165) is 17.6 Å². The SMILES string of the molecule is CCN(CC)C(C)(C)C(NC)c1c(Br)cnn1C. The van der Waals surface area contributed by atoms with Crippen LogP contribution in [0.3, 0.4) is 0 Å². The number of likely N-dealkylation sites (N-methyl/N-ethyl adjacent to an activating group) is 2. The summed E-state index contributed by atoms with van der Waals surface area (Å²) in [5.41, 5.74) is 1.21. The van der Waals surface area contributed by atoms with Gasteiger partial charge in [0.25, 0.3) is 0 Å². The molecular weight excluding hydrogens is 292 g/mol. The number of hydrogen-bond donors (Lipinski definition) is 1. The highest BCUT2D eigenvalue weighted by Crippen LogP contribution is 2.34. The van der Waals surface area contributed by atoms with Gasteiger partial charge in [-0.3, -0.25) is 9.58 Å². The van der Waals surface area contributed by atoms with E-state index in [2.05, 4.69) is 58.9 Å². The zero-order valence-corrected chi connectivity index (χ0v) is 13.9. The Kier molecular flexibility index (Phi) is 5.37. The number of aromatic nitrogens is 2. The van der Waals surface area contributed by atoms with Crippen LogP contribution in [0.4, 0.5) is 0 Å². The van der Waals surface area contributed by atoms with E-state index in [9.17, 15) is 0 Å². The van der Waals surface area contributed by atoms with E-state index in [0.29, 0.717) is 0 Å². The van der Waals surface area contributed by atoms with Gasteiger partial charge in [-0.05, 0) is 49.9 Å². The van der Waals surface area contributed by atoms with Crippen molar-refractivity contribution in [2.75, 3.05) is 20.1 Å². The van der Waals surface area contributed by atoms with Crippen molar-refractivity contribution in [1.29, 1.82) is 0 Å². The van der Waals surface area contributed by atoms with Gasteiger partial charge in [-0.1, -0.05) is 13.8 Å². The molecule has 0 aromatic carbocycles. The van der Waals surface area contributed by atoms with E-state index in [1.165, 1.54) is 5.69 Å². The summed E-state index contributed by atoms with van der Waals surface area (Å²) in [6, 6.07) is 0.222. The molecule has 1 aromatic rings. The maximum Gasteiger partial charge on any atom is 0.0711 e. The van der Waals surface area contributed by atoms with Gasteiger partial charge in [0.2, 0.25) is 0 Å². The summed E-state index contributed by atoms with van der Waals surface area (Å²) in [7, 11) is 4.00. The molecule has 0 bridgehead atoms. The summed E-state index contributed by atoms with van der Waals surface area (Å²) in [6.45, 7) is 11.0. The van der Waals surface area contributed by atoms with Crippen LogP contribution >= 0.6 is 15.9 Å². The van der Waals surface area contributed by atoms with E-state index < -0.39 is 0 Å². The zero-order valence-electron chi connectivity index (χ0n) is 12.3. The number of nitrogens with zero attached hydrogens (tertiary/aromatic N) is 3. The fourth-order valence-corrected chi connectivity index (χ4v) is 3.37. The number of aryl methyl sites for hydroxylation is 1. The summed E-state index contributed by atoms with van der Waals surface area (Å²) < 4.78 is 3.00. The second-order valence-corrected chi connectivity index (χ2v) is 5.90. The van der Waals surface area contributed by atoms with Gasteiger partial charge in [0.05, 0.1) is 22.4 Å². The monoisotopic (exact) mass is 316 g/mol. The lowest BCUT2D eigenvalue weighted by Crippen LogP contribution is -2.52. The first-order valence-corrected chi connectivity index (χ1v) is 7.29. The van der Waals surface area contributed by atoms with Crippen molar-refractivity contribution in [3.05, 3.63) is 16.4 Å². The second-order valence-electron chi connectivity index (χ2n) is 5.05. The fraction of sp³-hybridized carbons (Fsp3) is 0.769. The lowest BCUT2D eigenvalue weighted by molar-refractivity contribution is 0.0909. The van der Waals surface area contributed by atoms with Crippen molar-refractivity contribution in [2.24, 2.45) is 7.05 Å². The van der Waals surface area contributed by atoms with Gasteiger partial charge in [-0.2, -0.15) is 5.10 Å². The Morgan fingerprint density at radius 2 is 2.00 bits per heavy atom. The molecule has 0 saturated carbocycles. The molecule has 1 atom stereocenters. The Labute approximate surface area is 119 Å². The molecule has 18 heavy (non-hydrogen) atoms. The minimum absolute atomic E-state index is 0.0224. The van der Waals surface area contributed by atoms with Crippen LogP contribution < -0.4 is 5.32 Å². The van der Waals surface area contributed by atoms with Crippen molar-refractivity contribution in [1.82, 2.24) is 20.0 Å². The van der Waals surface area contributed by atoms with Crippen LogP contribution in [0.2, 0.25) is 0 Å². The third kappa shape index (κ3) is 2.78. The molecule has 0 aliphatic carbocycles. The van der Waals surface area contributed by atoms with Crippen molar-refractivity contribution < 1.29 is 0 Å². The van der Waals surface area contributed by atoms with Crippen LogP contribution in [-0.4, -0.2) is 40.4 Å². The Balaban J connectivity index is 3.17. The molecule has 0 aliphatic rings. The molecule has 0 amide bonds. The van der Waals surface area contributed by atoms with E-state index in [1.807, 2.05) is 25.0 Å². The average molecular weight is 317 g/mol. The predicted molar refractivity (Wildman–Crippen MR) is 79.7 cm³/mol. The van der Waals surface area contributed by atoms with Crippen LogP contribution in [0.25, 0.3) is 0 Å². The molecule has 0 radical (unpaired) electrons. The molecule has 1 heterocycles. The molecular formula is C13H25BrN4. The first-order valence-electron chi connectivity index (χ1n) is 6.49. The molecule has 104 valence electrons. The summed E-state index contributed by atoms with van der Waals surface area (Å²) in [4.78, 5) is 2.47. The Morgan fingerprint density at radius 3 is 2.33 bits per heavy atom. The smallest absolute Gasteiger partial charge is 0.0711 e. The van der Waals surface area contributed by atoms with Gasteiger partial charge < -0.3 is 5.32 Å².